The van der Waals surface area contributed by atoms with Gasteiger partial charge in [0.25, 0.3) is 0 Å². The summed E-state index contributed by atoms with van der Waals surface area (Å²) in [6, 6.07) is 2.57. The van der Waals surface area contributed by atoms with E-state index in [4.69, 9.17) is 10.8 Å². The third-order valence-electron chi connectivity index (χ3n) is 1.85. The number of aliphatic carboxylic acids is 1. The minimum absolute atomic E-state index is 0. The second-order valence-electron chi connectivity index (χ2n) is 3.06. The van der Waals surface area contributed by atoms with Crippen LogP contribution in [0.5, 0.6) is 5.75 Å². The van der Waals surface area contributed by atoms with E-state index in [9.17, 15) is 9.90 Å². The molecule has 4 N–H and O–H groups in total. The van der Waals surface area contributed by atoms with E-state index in [1.54, 1.807) is 12.1 Å². The van der Waals surface area contributed by atoms with Gasteiger partial charge in [-0.3, -0.25) is 4.79 Å². The smallest absolute Gasteiger partial charge is 0.320 e. The standard InChI is InChI=1S/C9H9I2NO3.ClH/c10-5-1-4(2-6(11)8(5)13)3-7(12)9(14)15;/h1-2,7,13H,3,12H2,(H,14,15);1H. The van der Waals surface area contributed by atoms with Gasteiger partial charge < -0.3 is 15.9 Å². The van der Waals surface area contributed by atoms with Gasteiger partial charge in [0, 0.05) is 0 Å². The molecule has 0 aromatic heterocycles. The fourth-order valence-corrected chi connectivity index (χ4v) is 2.97. The molecule has 90 valence electrons. The van der Waals surface area contributed by atoms with Crippen molar-refractivity contribution in [1.82, 2.24) is 0 Å². The topological polar surface area (TPSA) is 83.5 Å². The van der Waals surface area contributed by atoms with Crippen LogP contribution in [0.25, 0.3) is 0 Å². The Morgan fingerprint density at radius 3 is 2.19 bits per heavy atom. The summed E-state index contributed by atoms with van der Waals surface area (Å²) in [5.41, 5.74) is 6.24. The first kappa shape index (κ1) is 16.2. The van der Waals surface area contributed by atoms with Gasteiger partial charge in [0.15, 0.2) is 0 Å². The summed E-state index contributed by atoms with van der Waals surface area (Å²) in [4.78, 5) is 10.6. The van der Waals surface area contributed by atoms with Crippen LogP contribution in [0.1, 0.15) is 5.56 Å². The largest absolute Gasteiger partial charge is 0.506 e. The lowest BCUT2D eigenvalue weighted by Crippen LogP contribution is -2.32. The molecule has 4 nitrogen and oxygen atoms in total. The van der Waals surface area contributed by atoms with Gasteiger partial charge in [0.2, 0.25) is 0 Å². The van der Waals surface area contributed by atoms with Crippen molar-refractivity contribution in [2.45, 2.75) is 12.5 Å². The van der Waals surface area contributed by atoms with Crippen LogP contribution in [0.2, 0.25) is 0 Å². The normalized spacial score (nSPS) is 11.7. The molecule has 0 fully saturated rings. The molecule has 0 heterocycles. The first-order valence-corrected chi connectivity index (χ1v) is 6.23. The van der Waals surface area contributed by atoms with E-state index in [-0.39, 0.29) is 24.6 Å². The molecule has 7 heteroatoms. The summed E-state index contributed by atoms with van der Waals surface area (Å²) in [5, 5.41) is 18.2. The van der Waals surface area contributed by atoms with Crippen LogP contribution in [0.3, 0.4) is 0 Å². The van der Waals surface area contributed by atoms with Crippen molar-refractivity contribution in [2.24, 2.45) is 5.73 Å². The average molecular weight is 469 g/mol. The lowest BCUT2D eigenvalue weighted by molar-refractivity contribution is -0.138. The van der Waals surface area contributed by atoms with Crippen LogP contribution in [0.4, 0.5) is 0 Å². The highest BCUT2D eigenvalue weighted by Crippen LogP contribution is 2.27. The maximum absolute atomic E-state index is 10.6. The number of rotatable bonds is 3. The van der Waals surface area contributed by atoms with Gasteiger partial charge in [0.05, 0.1) is 7.14 Å². The number of phenols is 1. The molecule has 0 bridgehead atoms. The predicted octanol–water partition coefficient (Wildman–Crippen LogP) is 1.98. The lowest BCUT2D eigenvalue weighted by Gasteiger charge is -2.08. The van der Waals surface area contributed by atoms with Crippen molar-refractivity contribution in [1.29, 1.82) is 0 Å². The van der Waals surface area contributed by atoms with Crippen LogP contribution in [0.15, 0.2) is 12.1 Å². The monoisotopic (exact) mass is 469 g/mol. The van der Waals surface area contributed by atoms with E-state index in [0.717, 1.165) is 5.56 Å². The molecule has 0 radical (unpaired) electrons. The predicted molar refractivity (Wildman–Crippen MR) is 80.1 cm³/mol. The minimum Gasteiger partial charge on any atom is -0.506 e. The van der Waals surface area contributed by atoms with E-state index in [1.165, 1.54) is 0 Å². The Kier molecular flexibility index (Phi) is 6.90. The molecule has 1 rings (SSSR count). The molecule has 0 saturated carbocycles. The number of halogens is 3. The zero-order chi connectivity index (χ0) is 11.6. The molecule has 0 aliphatic heterocycles. The number of phenolic OH excluding ortho intramolecular Hbond substituents is 1. The number of benzene rings is 1. The second kappa shape index (κ2) is 6.82. The van der Waals surface area contributed by atoms with Gasteiger partial charge in [-0.25, -0.2) is 0 Å². The average Bonchev–Trinajstić information content (AvgIpc) is 2.13. The van der Waals surface area contributed by atoms with Crippen LogP contribution < -0.4 is 5.73 Å². The number of carboxylic acids is 1. The fourth-order valence-electron chi connectivity index (χ4n) is 1.08. The van der Waals surface area contributed by atoms with Crippen LogP contribution in [-0.4, -0.2) is 22.2 Å². The van der Waals surface area contributed by atoms with Gasteiger partial charge >= 0.3 is 5.97 Å². The lowest BCUT2D eigenvalue weighted by atomic mass is 10.1. The molecule has 1 aromatic rings. The van der Waals surface area contributed by atoms with Crippen LogP contribution in [-0.2, 0) is 11.2 Å². The summed E-state index contributed by atoms with van der Waals surface area (Å²) in [6.45, 7) is 0. The fraction of sp³-hybridized carbons (Fsp3) is 0.222. The zero-order valence-electron chi connectivity index (χ0n) is 7.98. The highest BCUT2D eigenvalue weighted by atomic mass is 127. The van der Waals surface area contributed by atoms with Crippen LogP contribution >= 0.6 is 57.6 Å². The molecule has 0 amide bonds. The Labute approximate surface area is 126 Å². The van der Waals surface area contributed by atoms with Crippen molar-refractivity contribution in [3.63, 3.8) is 0 Å². The number of hydrogen-bond donors (Lipinski definition) is 3. The number of nitrogens with two attached hydrogens (primary N) is 1. The van der Waals surface area contributed by atoms with Crippen LogP contribution in [0, 0.1) is 7.14 Å². The van der Waals surface area contributed by atoms with Crippen molar-refractivity contribution in [2.75, 3.05) is 0 Å². The Morgan fingerprint density at radius 2 is 1.81 bits per heavy atom. The van der Waals surface area contributed by atoms with Gasteiger partial charge in [-0.15, -0.1) is 12.4 Å². The summed E-state index contributed by atoms with van der Waals surface area (Å²) in [5.74, 6) is -0.795. The van der Waals surface area contributed by atoms with E-state index in [0.29, 0.717) is 7.14 Å². The first-order valence-electron chi connectivity index (χ1n) is 4.07. The van der Waals surface area contributed by atoms with Gasteiger partial charge in [-0.2, -0.15) is 0 Å². The maximum atomic E-state index is 10.6. The second-order valence-corrected chi connectivity index (χ2v) is 5.38. The zero-order valence-corrected chi connectivity index (χ0v) is 13.1. The number of carbonyl (C=O) groups is 1. The van der Waals surface area contributed by atoms with E-state index >= 15 is 0 Å². The highest BCUT2D eigenvalue weighted by molar-refractivity contribution is 14.1. The Balaban J connectivity index is 0.00000225. The summed E-state index contributed by atoms with van der Waals surface area (Å²) < 4.78 is 1.40. The van der Waals surface area contributed by atoms with Crippen molar-refractivity contribution >= 4 is 63.6 Å². The molecule has 16 heavy (non-hydrogen) atoms. The Bertz CT molecular complexity index is 377. The molecule has 0 aliphatic carbocycles. The van der Waals surface area contributed by atoms with E-state index in [2.05, 4.69) is 0 Å². The molecular formula is C9H10ClI2NO3. The third kappa shape index (κ3) is 4.22. The van der Waals surface area contributed by atoms with Crippen molar-refractivity contribution < 1.29 is 15.0 Å². The molecule has 0 spiro atoms. The quantitative estimate of drug-likeness (QED) is 0.592. The van der Waals surface area contributed by atoms with Crippen molar-refractivity contribution in [3.8, 4) is 5.75 Å². The molecular weight excluding hydrogens is 459 g/mol. The minimum atomic E-state index is -1.02. The Morgan fingerprint density at radius 1 is 1.38 bits per heavy atom. The highest BCUT2D eigenvalue weighted by Gasteiger charge is 2.14. The molecule has 1 atom stereocenters. The first-order chi connectivity index (χ1) is 6.91. The molecule has 0 saturated heterocycles. The number of hydrogen-bond acceptors (Lipinski definition) is 3. The van der Waals surface area contributed by atoms with Gasteiger partial charge in [-0.1, -0.05) is 0 Å². The third-order valence-corrected chi connectivity index (χ3v) is 3.49. The maximum Gasteiger partial charge on any atom is 0.320 e. The van der Waals surface area contributed by atoms with Gasteiger partial charge in [0.1, 0.15) is 11.8 Å². The molecule has 0 aliphatic rings. The van der Waals surface area contributed by atoms with E-state index in [1.807, 2.05) is 45.2 Å². The van der Waals surface area contributed by atoms with Gasteiger partial charge in [-0.05, 0) is 69.3 Å². The van der Waals surface area contributed by atoms with E-state index < -0.39 is 12.0 Å². The van der Waals surface area contributed by atoms with Crippen molar-refractivity contribution in [3.05, 3.63) is 24.8 Å². The SMILES string of the molecule is Cl.NC(Cc1cc(I)c(O)c(I)c1)C(=O)O. The summed E-state index contributed by atoms with van der Waals surface area (Å²) >= 11 is 3.99. The Hall–Kier alpha value is 0.200. The summed E-state index contributed by atoms with van der Waals surface area (Å²) in [6.07, 6.45) is 0.265. The molecule has 1 unspecified atom stereocenters. The molecule has 1 aromatic carbocycles. The summed E-state index contributed by atoms with van der Waals surface area (Å²) in [7, 11) is 0. The number of aromatic hydroxyl groups is 1. The number of carboxylic acid groups (broad SMARTS) is 1.